The SMILES string of the molecule is CCCOc1ccc(C(=O)N/N=C/c2cc(Cl)ccc2OCC(=O)Nc2ccc(Cl)cc2)cc1OC. The Balaban J connectivity index is 1.62. The molecule has 3 rings (SSSR count). The van der Waals surface area contributed by atoms with E-state index in [1.54, 1.807) is 60.7 Å². The van der Waals surface area contributed by atoms with Gasteiger partial charge in [-0.05, 0) is 67.1 Å². The maximum absolute atomic E-state index is 12.6. The van der Waals surface area contributed by atoms with Gasteiger partial charge in [0.2, 0.25) is 0 Å². The fourth-order valence-electron chi connectivity index (χ4n) is 2.99. The Morgan fingerprint density at radius 3 is 2.36 bits per heavy atom. The average Bonchev–Trinajstić information content (AvgIpc) is 2.88. The van der Waals surface area contributed by atoms with Gasteiger partial charge in [0.15, 0.2) is 18.1 Å². The molecule has 0 fully saturated rings. The average molecular weight is 530 g/mol. The van der Waals surface area contributed by atoms with Crippen LogP contribution in [0, 0.1) is 0 Å². The highest BCUT2D eigenvalue weighted by molar-refractivity contribution is 6.31. The number of carbonyl (C=O) groups is 2. The minimum Gasteiger partial charge on any atom is -0.493 e. The Labute approximate surface area is 219 Å². The molecule has 0 unspecified atom stereocenters. The Morgan fingerprint density at radius 2 is 1.64 bits per heavy atom. The van der Waals surface area contributed by atoms with Crippen molar-refractivity contribution in [2.75, 3.05) is 25.6 Å². The number of hydrazone groups is 1. The molecule has 188 valence electrons. The van der Waals surface area contributed by atoms with Gasteiger partial charge in [0.1, 0.15) is 5.75 Å². The number of ether oxygens (including phenoxy) is 3. The number of benzene rings is 3. The van der Waals surface area contributed by atoms with E-state index in [1.807, 2.05) is 6.92 Å². The zero-order valence-electron chi connectivity index (χ0n) is 19.7. The summed E-state index contributed by atoms with van der Waals surface area (Å²) in [5.41, 5.74) is 3.87. The van der Waals surface area contributed by atoms with Gasteiger partial charge in [-0.1, -0.05) is 30.1 Å². The van der Waals surface area contributed by atoms with Crippen molar-refractivity contribution in [2.45, 2.75) is 13.3 Å². The first-order valence-electron chi connectivity index (χ1n) is 11.0. The summed E-state index contributed by atoms with van der Waals surface area (Å²) in [7, 11) is 1.50. The van der Waals surface area contributed by atoms with Crippen LogP contribution in [-0.2, 0) is 4.79 Å². The number of nitrogens with one attached hydrogen (secondary N) is 2. The van der Waals surface area contributed by atoms with Crippen LogP contribution in [0.3, 0.4) is 0 Å². The minimum atomic E-state index is -0.446. The molecule has 3 aromatic rings. The zero-order valence-corrected chi connectivity index (χ0v) is 21.2. The standard InChI is InChI=1S/C26H25Cl2N3O5/c1-3-12-35-23-10-4-17(14-24(23)34-2)26(33)31-29-15-18-13-20(28)7-11-22(18)36-16-25(32)30-21-8-5-19(27)6-9-21/h4-11,13-15H,3,12,16H2,1-2H3,(H,30,32)(H,31,33)/b29-15+. The molecule has 0 radical (unpaired) electrons. The van der Waals surface area contributed by atoms with Crippen molar-refractivity contribution in [3.63, 3.8) is 0 Å². The molecule has 0 aliphatic carbocycles. The Kier molecular flexibility index (Phi) is 9.97. The van der Waals surface area contributed by atoms with Crippen LogP contribution in [0.5, 0.6) is 17.2 Å². The first-order valence-corrected chi connectivity index (χ1v) is 11.8. The highest BCUT2D eigenvalue weighted by Crippen LogP contribution is 2.28. The van der Waals surface area contributed by atoms with Gasteiger partial charge in [-0.25, -0.2) is 5.43 Å². The van der Waals surface area contributed by atoms with Crippen molar-refractivity contribution in [2.24, 2.45) is 5.10 Å². The van der Waals surface area contributed by atoms with Gasteiger partial charge < -0.3 is 19.5 Å². The third kappa shape index (κ3) is 7.90. The van der Waals surface area contributed by atoms with Crippen molar-refractivity contribution in [3.05, 3.63) is 81.8 Å². The first kappa shape index (κ1) is 26.8. The van der Waals surface area contributed by atoms with E-state index in [-0.39, 0.29) is 12.5 Å². The highest BCUT2D eigenvalue weighted by Gasteiger charge is 2.11. The smallest absolute Gasteiger partial charge is 0.271 e. The molecule has 0 saturated heterocycles. The summed E-state index contributed by atoms with van der Waals surface area (Å²) in [6.07, 6.45) is 2.23. The van der Waals surface area contributed by atoms with Crippen molar-refractivity contribution < 1.29 is 23.8 Å². The predicted molar refractivity (Wildman–Crippen MR) is 141 cm³/mol. The first-order chi connectivity index (χ1) is 17.4. The summed E-state index contributed by atoms with van der Waals surface area (Å²) in [5, 5.41) is 7.72. The number of nitrogens with zero attached hydrogens (tertiary/aromatic N) is 1. The normalized spacial score (nSPS) is 10.7. The molecule has 2 amide bonds. The molecule has 0 heterocycles. The monoisotopic (exact) mass is 529 g/mol. The predicted octanol–water partition coefficient (Wildman–Crippen LogP) is 5.57. The van der Waals surface area contributed by atoms with Gasteiger partial charge in [0, 0.05) is 26.9 Å². The van der Waals surface area contributed by atoms with Gasteiger partial charge in [-0.3, -0.25) is 9.59 Å². The fourth-order valence-corrected chi connectivity index (χ4v) is 3.30. The number of halogens is 2. The lowest BCUT2D eigenvalue weighted by Crippen LogP contribution is -2.20. The third-order valence-electron chi connectivity index (χ3n) is 4.72. The molecule has 0 aliphatic rings. The number of hydrogen-bond donors (Lipinski definition) is 2. The second-order valence-corrected chi connectivity index (χ2v) is 8.31. The van der Waals surface area contributed by atoms with E-state index in [2.05, 4.69) is 15.8 Å². The lowest BCUT2D eigenvalue weighted by Gasteiger charge is -2.11. The van der Waals surface area contributed by atoms with Crippen LogP contribution in [0.1, 0.15) is 29.3 Å². The van der Waals surface area contributed by atoms with E-state index in [0.717, 1.165) is 6.42 Å². The van der Waals surface area contributed by atoms with Crippen LogP contribution >= 0.6 is 23.2 Å². The lowest BCUT2D eigenvalue weighted by atomic mass is 10.2. The third-order valence-corrected chi connectivity index (χ3v) is 5.20. The molecule has 10 heteroatoms. The lowest BCUT2D eigenvalue weighted by molar-refractivity contribution is -0.118. The summed E-state index contributed by atoms with van der Waals surface area (Å²) in [5.74, 6) is 0.563. The molecule has 0 bridgehead atoms. The molecule has 0 atom stereocenters. The fraction of sp³-hybridized carbons (Fsp3) is 0.192. The number of carbonyl (C=O) groups excluding carboxylic acids is 2. The Bertz CT molecular complexity index is 1230. The molecule has 0 saturated carbocycles. The van der Waals surface area contributed by atoms with Crippen LogP contribution in [0.4, 0.5) is 5.69 Å². The summed E-state index contributed by atoms with van der Waals surface area (Å²) in [4.78, 5) is 24.8. The van der Waals surface area contributed by atoms with Crippen molar-refractivity contribution >= 4 is 46.9 Å². The van der Waals surface area contributed by atoms with Gasteiger partial charge in [-0.2, -0.15) is 5.10 Å². The Hall–Kier alpha value is -3.75. The van der Waals surface area contributed by atoms with Crippen molar-refractivity contribution in [1.82, 2.24) is 5.43 Å². The van der Waals surface area contributed by atoms with E-state index in [4.69, 9.17) is 37.4 Å². The topological polar surface area (TPSA) is 98.3 Å². The summed E-state index contributed by atoms with van der Waals surface area (Å²) in [6.45, 7) is 2.29. The van der Waals surface area contributed by atoms with Gasteiger partial charge in [0.25, 0.3) is 11.8 Å². The van der Waals surface area contributed by atoms with Crippen LogP contribution in [0.25, 0.3) is 0 Å². The number of rotatable bonds is 11. The molecule has 0 aromatic heterocycles. The zero-order chi connectivity index (χ0) is 25.9. The van der Waals surface area contributed by atoms with Gasteiger partial charge >= 0.3 is 0 Å². The summed E-state index contributed by atoms with van der Waals surface area (Å²) >= 11 is 12.0. The number of amides is 2. The number of anilines is 1. The highest BCUT2D eigenvalue weighted by atomic mass is 35.5. The molecule has 8 nitrogen and oxygen atoms in total. The Morgan fingerprint density at radius 1 is 0.917 bits per heavy atom. The minimum absolute atomic E-state index is 0.246. The largest absolute Gasteiger partial charge is 0.493 e. The van der Waals surface area contributed by atoms with Crippen LogP contribution in [-0.4, -0.2) is 38.4 Å². The summed E-state index contributed by atoms with van der Waals surface area (Å²) < 4.78 is 16.6. The molecular weight excluding hydrogens is 505 g/mol. The molecule has 36 heavy (non-hydrogen) atoms. The molecule has 3 aromatic carbocycles. The van der Waals surface area contributed by atoms with Gasteiger partial charge in [0.05, 0.1) is 19.9 Å². The maximum Gasteiger partial charge on any atom is 0.271 e. The van der Waals surface area contributed by atoms with E-state index in [1.165, 1.54) is 13.3 Å². The van der Waals surface area contributed by atoms with Crippen LogP contribution < -0.4 is 25.0 Å². The van der Waals surface area contributed by atoms with E-state index >= 15 is 0 Å². The summed E-state index contributed by atoms with van der Waals surface area (Å²) in [6, 6.07) is 16.4. The van der Waals surface area contributed by atoms with Crippen molar-refractivity contribution in [3.8, 4) is 17.2 Å². The van der Waals surface area contributed by atoms with E-state index < -0.39 is 5.91 Å². The number of methoxy groups -OCH3 is 1. The van der Waals surface area contributed by atoms with Crippen molar-refractivity contribution in [1.29, 1.82) is 0 Å². The molecule has 0 spiro atoms. The van der Waals surface area contributed by atoms with Gasteiger partial charge in [-0.15, -0.1) is 0 Å². The molecular formula is C26H25Cl2N3O5. The second-order valence-electron chi connectivity index (χ2n) is 7.44. The van der Waals surface area contributed by atoms with E-state index in [9.17, 15) is 9.59 Å². The van der Waals surface area contributed by atoms with Crippen LogP contribution in [0.15, 0.2) is 65.8 Å². The maximum atomic E-state index is 12.6. The molecule has 2 N–H and O–H groups in total. The second kappa shape index (κ2) is 13.4. The number of hydrogen-bond acceptors (Lipinski definition) is 6. The molecule has 0 aliphatic heterocycles. The quantitative estimate of drug-likeness (QED) is 0.250. The van der Waals surface area contributed by atoms with Crippen LogP contribution in [0.2, 0.25) is 10.0 Å². The van der Waals surface area contributed by atoms with E-state index in [0.29, 0.717) is 50.7 Å².